The van der Waals surface area contributed by atoms with Crippen LogP contribution in [0.3, 0.4) is 0 Å². The van der Waals surface area contributed by atoms with Crippen molar-refractivity contribution in [1.29, 1.82) is 0 Å². The van der Waals surface area contributed by atoms with Gasteiger partial charge in [-0.2, -0.15) is 0 Å². The minimum atomic E-state index is 0.989. The number of aryl methyl sites for hydroxylation is 1. The minimum Gasteiger partial charge on any atom is -0.472 e. The van der Waals surface area contributed by atoms with Gasteiger partial charge >= 0.3 is 0 Å². The highest BCUT2D eigenvalue weighted by Crippen LogP contribution is 2.26. The molecule has 4 rings (SSSR count). The van der Waals surface area contributed by atoms with E-state index in [0.29, 0.717) is 0 Å². The fourth-order valence-electron chi connectivity index (χ4n) is 2.53. The van der Waals surface area contributed by atoms with E-state index in [0.717, 1.165) is 27.8 Å². The molecule has 4 aromatic rings. The van der Waals surface area contributed by atoms with E-state index in [2.05, 4.69) is 52.9 Å². The van der Waals surface area contributed by atoms with E-state index in [-0.39, 0.29) is 0 Å². The molecular weight excluding hydrogens is 260 g/mol. The third-order valence-corrected chi connectivity index (χ3v) is 3.71. The molecule has 0 aliphatic carbocycles. The van der Waals surface area contributed by atoms with Crippen molar-refractivity contribution in [3.05, 3.63) is 72.9 Å². The summed E-state index contributed by atoms with van der Waals surface area (Å²) in [5, 5.41) is 0. The number of hydrogen-bond donors (Lipinski definition) is 0. The predicted molar refractivity (Wildman–Crippen MR) is 83.5 cm³/mol. The molecule has 21 heavy (non-hydrogen) atoms. The second-order valence-electron chi connectivity index (χ2n) is 5.17. The molecule has 102 valence electrons. The zero-order valence-electron chi connectivity index (χ0n) is 11.7. The number of imidazole rings is 1. The molecule has 0 spiro atoms. The van der Waals surface area contributed by atoms with Gasteiger partial charge in [0.2, 0.25) is 0 Å². The van der Waals surface area contributed by atoms with Crippen LogP contribution in [0.4, 0.5) is 0 Å². The summed E-state index contributed by atoms with van der Waals surface area (Å²) in [6.07, 6.45) is 5.32. The first-order chi connectivity index (χ1) is 10.3. The summed E-state index contributed by atoms with van der Waals surface area (Å²) < 4.78 is 7.28. The third kappa shape index (κ3) is 2.03. The molecule has 0 N–H and O–H groups in total. The molecule has 0 atom stereocenters. The molecule has 0 amide bonds. The average Bonchev–Trinajstić information content (AvgIpc) is 3.17. The van der Waals surface area contributed by atoms with Crippen LogP contribution in [0.2, 0.25) is 0 Å². The number of nitrogens with zero attached hydrogens (tertiary/aromatic N) is 2. The molecule has 0 saturated heterocycles. The molecule has 2 heterocycles. The highest BCUT2D eigenvalue weighted by Gasteiger charge is 2.07. The largest absolute Gasteiger partial charge is 0.472 e. The minimum absolute atomic E-state index is 0.989. The molecule has 3 heteroatoms. The van der Waals surface area contributed by atoms with Crippen molar-refractivity contribution in [3.8, 4) is 16.8 Å². The monoisotopic (exact) mass is 274 g/mol. The van der Waals surface area contributed by atoms with E-state index in [1.165, 1.54) is 5.56 Å². The molecule has 0 radical (unpaired) electrons. The lowest BCUT2D eigenvalue weighted by molar-refractivity contribution is 0.568. The molecule has 0 unspecified atom stereocenters. The van der Waals surface area contributed by atoms with Gasteiger partial charge in [0, 0.05) is 11.3 Å². The topological polar surface area (TPSA) is 31.0 Å². The lowest BCUT2D eigenvalue weighted by atomic mass is 10.1. The number of furan rings is 1. The Morgan fingerprint density at radius 1 is 0.952 bits per heavy atom. The van der Waals surface area contributed by atoms with Crippen molar-refractivity contribution in [1.82, 2.24) is 9.55 Å². The van der Waals surface area contributed by atoms with Crippen LogP contribution in [0.25, 0.3) is 27.8 Å². The maximum Gasteiger partial charge on any atom is 0.100 e. The van der Waals surface area contributed by atoms with Crippen LogP contribution < -0.4 is 0 Å². The van der Waals surface area contributed by atoms with E-state index in [1.54, 1.807) is 12.5 Å². The highest BCUT2D eigenvalue weighted by molar-refractivity contribution is 5.83. The first-order valence-corrected chi connectivity index (χ1v) is 6.88. The van der Waals surface area contributed by atoms with Crippen LogP contribution in [0, 0.1) is 6.92 Å². The smallest absolute Gasteiger partial charge is 0.100 e. The first-order valence-electron chi connectivity index (χ1n) is 6.88. The Morgan fingerprint density at radius 3 is 2.57 bits per heavy atom. The second-order valence-corrected chi connectivity index (χ2v) is 5.17. The molecule has 0 aliphatic rings. The maximum atomic E-state index is 5.17. The molecule has 0 aliphatic heterocycles. The third-order valence-electron chi connectivity index (χ3n) is 3.71. The zero-order valence-corrected chi connectivity index (χ0v) is 11.7. The number of fused-ring (bicyclic) bond motifs is 1. The fraction of sp³-hybridized carbons (Fsp3) is 0.0556. The van der Waals surface area contributed by atoms with E-state index < -0.39 is 0 Å². The number of rotatable bonds is 2. The van der Waals surface area contributed by atoms with Gasteiger partial charge in [-0.15, -0.1) is 0 Å². The van der Waals surface area contributed by atoms with E-state index >= 15 is 0 Å². The fourth-order valence-corrected chi connectivity index (χ4v) is 2.53. The van der Waals surface area contributed by atoms with Gasteiger partial charge in [0.05, 0.1) is 23.6 Å². The van der Waals surface area contributed by atoms with Crippen molar-refractivity contribution in [3.63, 3.8) is 0 Å². The summed E-state index contributed by atoms with van der Waals surface area (Å²) in [6, 6.07) is 16.7. The average molecular weight is 274 g/mol. The lowest BCUT2D eigenvalue weighted by Crippen LogP contribution is -1.91. The maximum absolute atomic E-state index is 5.17. The van der Waals surface area contributed by atoms with Crippen molar-refractivity contribution in [2.75, 3.05) is 0 Å². The van der Waals surface area contributed by atoms with Crippen molar-refractivity contribution >= 4 is 11.0 Å². The predicted octanol–water partition coefficient (Wildman–Crippen LogP) is 4.59. The Bertz CT molecular complexity index is 887. The Kier molecular flexibility index (Phi) is 2.64. The Labute approximate surface area is 122 Å². The van der Waals surface area contributed by atoms with Crippen LogP contribution in [0.1, 0.15) is 5.56 Å². The summed E-state index contributed by atoms with van der Waals surface area (Å²) in [6.45, 7) is 2.09. The molecule has 2 aromatic carbocycles. The zero-order chi connectivity index (χ0) is 14.2. The summed E-state index contributed by atoms with van der Waals surface area (Å²) >= 11 is 0. The van der Waals surface area contributed by atoms with Crippen molar-refractivity contribution in [2.45, 2.75) is 6.92 Å². The van der Waals surface area contributed by atoms with Crippen LogP contribution in [0.5, 0.6) is 0 Å². The quantitative estimate of drug-likeness (QED) is 0.535. The molecule has 0 bridgehead atoms. The van der Waals surface area contributed by atoms with E-state index in [1.807, 2.05) is 18.5 Å². The Morgan fingerprint density at radius 2 is 1.81 bits per heavy atom. The number of hydrogen-bond acceptors (Lipinski definition) is 2. The summed E-state index contributed by atoms with van der Waals surface area (Å²) in [4.78, 5) is 4.48. The van der Waals surface area contributed by atoms with Crippen molar-refractivity contribution in [2.24, 2.45) is 0 Å². The highest BCUT2D eigenvalue weighted by atomic mass is 16.3. The van der Waals surface area contributed by atoms with Gasteiger partial charge in [-0.1, -0.05) is 23.8 Å². The summed E-state index contributed by atoms with van der Waals surface area (Å²) in [5.74, 6) is 0. The van der Waals surface area contributed by atoms with Gasteiger partial charge in [0.15, 0.2) is 0 Å². The van der Waals surface area contributed by atoms with Gasteiger partial charge in [-0.05, 0) is 42.8 Å². The normalized spacial score (nSPS) is 11.1. The first kappa shape index (κ1) is 12.0. The van der Waals surface area contributed by atoms with Gasteiger partial charge in [0.1, 0.15) is 6.33 Å². The van der Waals surface area contributed by atoms with Crippen LogP contribution >= 0.6 is 0 Å². The molecule has 0 fully saturated rings. The van der Waals surface area contributed by atoms with Gasteiger partial charge < -0.3 is 4.42 Å². The standard InChI is InChI=1S/C18H14N2O/c1-13-2-5-16(6-3-13)20-12-19-17-7-4-14(10-18(17)20)15-8-9-21-11-15/h2-12H,1H3. The summed E-state index contributed by atoms with van der Waals surface area (Å²) in [5.41, 5.74) is 6.66. The molecule has 3 nitrogen and oxygen atoms in total. The molecular formula is C18H14N2O. The van der Waals surface area contributed by atoms with E-state index in [9.17, 15) is 0 Å². The van der Waals surface area contributed by atoms with Gasteiger partial charge in [-0.25, -0.2) is 4.98 Å². The van der Waals surface area contributed by atoms with Crippen molar-refractivity contribution < 1.29 is 4.42 Å². The lowest BCUT2D eigenvalue weighted by Gasteiger charge is -2.05. The van der Waals surface area contributed by atoms with Crippen LogP contribution in [0.15, 0.2) is 71.8 Å². The Balaban J connectivity index is 1.90. The second kappa shape index (κ2) is 4.63. The SMILES string of the molecule is Cc1ccc(-n2cnc3ccc(-c4ccoc4)cc32)cc1. The number of benzene rings is 2. The van der Waals surface area contributed by atoms with Crippen LogP contribution in [-0.4, -0.2) is 9.55 Å². The van der Waals surface area contributed by atoms with Gasteiger partial charge in [0.25, 0.3) is 0 Å². The number of aromatic nitrogens is 2. The van der Waals surface area contributed by atoms with Gasteiger partial charge in [-0.3, -0.25) is 4.57 Å². The van der Waals surface area contributed by atoms with Crippen LogP contribution in [-0.2, 0) is 0 Å². The Hall–Kier alpha value is -2.81. The van der Waals surface area contributed by atoms with E-state index in [4.69, 9.17) is 4.42 Å². The molecule has 0 saturated carbocycles. The summed E-state index contributed by atoms with van der Waals surface area (Å²) in [7, 11) is 0. The molecule has 2 aromatic heterocycles.